The van der Waals surface area contributed by atoms with E-state index in [4.69, 9.17) is 4.74 Å². The maximum atomic E-state index is 12.7. The first kappa shape index (κ1) is 20.9. The highest BCUT2D eigenvalue weighted by Gasteiger charge is 2.35. The highest BCUT2D eigenvalue weighted by molar-refractivity contribution is 5.89. The SMILES string of the molecule is C[C@@H](NC(=O)OCC1c2ccccc2-c2ccccc21)C(=O)N1CCCC[C@H]1C(=O)O. The number of nitrogens with one attached hydrogen (secondary N) is 1. The molecule has 0 bridgehead atoms. The molecule has 2 aromatic carbocycles. The average Bonchev–Trinajstić information content (AvgIpc) is 3.11. The summed E-state index contributed by atoms with van der Waals surface area (Å²) in [5.74, 6) is -1.48. The van der Waals surface area contributed by atoms with Crippen molar-refractivity contribution in [3.63, 3.8) is 0 Å². The monoisotopic (exact) mass is 422 g/mol. The fraction of sp³-hybridized carbons (Fsp3) is 0.375. The molecule has 1 saturated heterocycles. The smallest absolute Gasteiger partial charge is 0.407 e. The number of carbonyl (C=O) groups is 3. The molecular weight excluding hydrogens is 396 g/mol. The first-order valence-electron chi connectivity index (χ1n) is 10.6. The number of aliphatic carboxylic acids is 1. The number of fused-ring (bicyclic) bond motifs is 3. The highest BCUT2D eigenvalue weighted by atomic mass is 16.5. The van der Waals surface area contributed by atoms with E-state index in [0.717, 1.165) is 35.1 Å². The molecule has 0 spiro atoms. The van der Waals surface area contributed by atoms with Crippen molar-refractivity contribution >= 4 is 18.0 Å². The number of amides is 2. The Morgan fingerprint density at radius 2 is 1.68 bits per heavy atom. The molecule has 31 heavy (non-hydrogen) atoms. The summed E-state index contributed by atoms with van der Waals surface area (Å²) in [5.41, 5.74) is 4.50. The predicted molar refractivity (Wildman–Crippen MR) is 115 cm³/mol. The van der Waals surface area contributed by atoms with Gasteiger partial charge in [0.2, 0.25) is 5.91 Å². The summed E-state index contributed by atoms with van der Waals surface area (Å²) in [4.78, 5) is 38.0. The minimum Gasteiger partial charge on any atom is -0.480 e. The van der Waals surface area contributed by atoms with Crippen molar-refractivity contribution in [1.29, 1.82) is 0 Å². The van der Waals surface area contributed by atoms with Gasteiger partial charge in [0.25, 0.3) is 0 Å². The van der Waals surface area contributed by atoms with Gasteiger partial charge in [0.05, 0.1) is 0 Å². The normalized spacial score (nSPS) is 18.6. The van der Waals surface area contributed by atoms with Crippen molar-refractivity contribution in [3.05, 3.63) is 59.7 Å². The Hall–Kier alpha value is -3.35. The van der Waals surface area contributed by atoms with Crippen LogP contribution in [0.5, 0.6) is 0 Å². The van der Waals surface area contributed by atoms with E-state index in [1.165, 1.54) is 4.90 Å². The lowest BCUT2D eigenvalue weighted by Crippen LogP contribution is -2.54. The van der Waals surface area contributed by atoms with Crippen LogP contribution in [0.25, 0.3) is 11.1 Å². The zero-order chi connectivity index (χ0) is 22.0. The van der Waals surface area contributed by atoms with E-state index in [2.05, 4.69) is 17.4 Å². The quantitative estimate of drug-likeness (QED) is 0.770. The van der Waals surface area contributed by atoms with Crippen LogP contribution in [0.2, 0.25) is 0 Å². The molecule has 162 valence electrons. The van der Waals surface area contributed by atoms with Crippen LogP contribution in [0.4, 0.5) is 4.79 Å². The number of likely N-dealkylation sites (tertiary alicyclic amines) is 1. The molecule has 1 aliphatic heterocycles. The van der Waals surface area contributed by atoms with Gasteiger partial charge in [-0.3, -0.25) is 4.79 Å². The van der Waals surface area contributed by atoms with Crippen molar-refractivity contribution in [2.24, 2.45) is 0 Å². The Kier molecular flexibility index (Phi) is 5.93. The zero-order valence-electron chi connectivity index (χ0n) is 17.4. The van der Waals surface area contributed by atoms with Gasteiger partial charge >= 0.3 is 12.1 Å². The van der Waals surface area contributed by atoms with Crippen molar-refractivity contribution in [2.45, 2.75) is 44.2 Å². The summed E-state index contributed by atoms with van der Waals surface area (Å²) in [6, 6.07) is 14.4. The van der Waals surface area contributed by atoms with Crippen molar-refractivity contribution in [3.8, 4) is 11.1 Å². The number of carboxylic acids is 1. The number of piperidine rings is 1. The molecule has 1 aliphatic carbocycles. The average molecular weight is 422 g/mol. The second kappa shape index (κ2) is 8.79. The van der Waals surface area contributed by atoms with E-state index in [1.54, 1.807) is 6.92 Å². The molecule has 2 amide bonds. The Balaban J connectivity index is 1.38. The first-order valence-corrected chi connectivity index (χ1v) is 10.6. The van der Waals surface area contributed by atoms with E-state index < -0.39 is 30.1 Å². The molecule has 7 heteroatoms. The predicted octanol–water partition coefficient (Wildman–Crippen LogP) is 3.38. The number of rotatable bonds is 5. The van der Waals surface area contributed by atoms with Crippen LogP contribution in [0.15, 0.2) is 48.5 Å². The van der Waals surface area contributed by atoms with Gasteiger partial charge in [-0.1, -0.05) is 48.5 Å². The number of ether oxygens (including phenoxy) is 1. The Morgan fingerprint density at radius 1 is 1.06 bits per heavy atom. The number of hydrogen-bond acceptors (Lipinski definition) is 4. The van der Waals surface area contributed by atoms with Gasteiger partial charge < -0.3 is 20.1 Å². The molecule has 0 unspecified atom stereocenters. The van der Waals surface area contributed by atoms with Crippen LogP contribution in [-0.2, 0) is 14.3 Å². The fourth-order valence-electron chi connectivity index (χ4n) is 4.58. The number of carboxylic acid groups (broad SMARTS) is 1. The third kappa shape index (κ3) is 4.13. The van der Waals surface area contributed by atoms with E-state index >= 15 is 0 Å². The van der Waals surface area contributed by atoms with Crippen molar-refractivity contribution < 1.29 is 24.2 Å². The third-order valence-corrected chi connectivity index (χ3v) is 6.12. The van der Waals surface area contributed by atoms with Crippen LogP contribution >= 0.6 is 0 Å². The maximum absolute atomic E-state index is 12.7. The third-order valence-electron chi connectivity index (χ3n) is 6.12. The van der Waals surface area contributed by atoms with Gasteiger partial charge in [-0.2, -0.15) is 0 Å². The molecule has 1 heterocycles. The van der Waals surface area contributed by atoms with Crippen molar-refractivity contribution in [1.82, 2.24) is 10.2 Å². The number of nitrogens with zero attached hydrogens (tertiary/aromatic N) is 1. The lowest BCUT2D eigenvalue weighted by molar-refractivity contribution is -0.152. The molecule has 2 atom stereocenters. The molecule has 0 radical (unpaired) electrons. The topological polar surface area (TPSA) is 95.9 Å². The summed E-state index contributed by atoms with van der Waals surface area (Å²) >= 11 is 0. The minimum absolute atomic E-state index is 0.0670. The summed E-state index contributed by atoms with van der Waals surface area (Å²) in [6.07, 6.45) is 1.27. The Bertz CT molecular complexity index is 959. The maximum Gasteiger partial charge on any atom is 0.407 e. The standard InChI is InChI=1S/C24H26N2O5/c1-15(22(27)26-13-7-6-12-21(26)23(28)29)25-24(30)31-14-20-18-10-4-2-8-16(18)17-9-3-5-11-19(17)20/h2-5,8-11,15,20-21H,6-7,12-14H2,1H3,(H,25,30)(H,28,29)/t15-,21+/m1/s1. The van der Waals surface area contributed by atoms with Gasteiger partial charge in [-0.15, -0.1) is 0 Å². The van der Waals surface area contributed by atoms with Crippen LogP contribution in [0.3, 0.4) is 0 Å². The molecule has 2 N–H and O–H groups in total. The Labute approximate surface area is 181 Å². The van der Waals surface area contributed by atoms with Crippen LogP contribution in [0.1, 0.15) is 43.2 Å². The molecule has 2 aliphatic rings. The summed E-state index contributed by atoms with van der Waals surface area (Å²) in [7, 11) is 0. The number of benzene rings is 2. The first-order chi connectivity index (χ1) is 15.0. The second-order valence-corrected chi connectivity index (χ2v) is 8.07. The minimum atomic E-state index is -1.01. The van der Waals surface area contributed by atoms with E-state index in [1.807, 2.05) is 36.4 Å². The van der Waals surface area contributed by atoms with Gasteiger partial charge in [-0.25, -0.2) is 9.59 Å². The van der Waals surface area contributed by atoms with E-state index in [9.17, 15) is 19.5 Å². The largest absolute Gasteiger partial charge is 0.480 e. The fourth-order valence-corrected chi connectivity index (χ4v) is 4.58. The van der Waals surface area contributed by atoms with Crippen molar-refractivity contribution in [2.75, 3.05) is 13.2 Å². The zero-order valence-corrected chi connectivity index (χ0v) is 17.4. The van der Waals surface area contributed by atoms with Crippen LogP contribution in [0, 0.1) is 0 Å². The molecule has 4 rings (SSSR count). The van der Waals surface area contributed by atoms with E-state index in [-0.39, 0.29) is 12.5 Å². The summed E-state index contributed by atoms with van der Waals surface area (Å²) < 4.78 is 5.49. The van der Waals surface area contributed by atoms with Gasteiger partial charge in [-0.05, 0) is 48.4 Å². The van der Waals surface area contributed by atoms with E-state index in [0.29, 0.717) is 13.0 Å². The summed E-state index contributed by atoms with van der Waals surface area (Å²) in [5, 5.41) is 11.9. The van der Waals surface area contributed by atoms with Gasteiger partial charge in [0.1, 0.15) is 18.7 Å². The number of carbonyl (C=O) groups excluding carboxylic acids is 2. The van der Waals surface area contributed by atoms with Gasteiger partial charge in [0.15, 0.2) is 0 Å². The molecule has 2 aromatic rings. The molecule has 0 aromatic heterocycles. The highest BCUT2D eigenvalue weighted by Crippen LogP contribution is 2.44. The molecule has 7 nitrogen and oxygen atoms in total. The van der Waals surface area contributed by atoms with Crippen LogP contribution < -0.4 is 5.32 Å². The van der Waals surface area contributed by atoms with Crippen LogP contribution in [-0.4, -0.2) is 53.2 Å². The Morgan fingerprint density at radius 3 is 2.29 bits per heavy atom. The molecule has 0 saturated carbocycles. The second-order valence-electron chi connectivity index (χ2n) is 8.07. The lowest BCUT2D eigenvalue weighted by atomic mass is 9.98. The molecule has 1 fully saturated rings. The molecular formula is C24H26N2O5. The lowest BCUT2D eigenvalue weighted by Gasteiger charge is -2.34. The number of alkyl carbamates (subject to hydrolysis) is 1. The van der Waals surface area contributed by atoms with Gasteiger partial charge in [0, 0.05) is 12.5 Å². The summed E-state index contributed by atoms with van der Waals surface area (Å²) in [6.45, 7) is 2.09. The number of hydrogen-bond donors (Lipinski definition) is 2.